The monoisotopic (exact) mass is 253 g/mol. The van der Waals surface area contributed by atoms with E-state index in [0.717, 1.165) is 42.1 Å². The number of hydrogen-bond donors (Lipinski definition) is 1. The van der Waals surface area contributed by atoms with Gasteiger partial charge < -0.3 is 5.32 Å². The first-order valence-corrected chi connectivity index (χ1v) is 8.17. The number of hydrogen-bond acceptors (Lipinski definition) is 1. The van der Waals surface area contributed by atoms with Crippen LogP contribution in [0.5, 0.6) is 0 Å². The normalized spacial score (nSPS) is 32.3. The minimum atomic E-state index is 0.708. The SMILES string of the molecule is CCNC(C)C1C(C)C1CC(C(C)C)C(C)CC. The fraction of sp³-hybridized carbons (Fsp3) is 1.00. The maximum Gasteiger partial charge on any atom is 0.00722 e. The predicted molar refractivity (Wildman–Crippen MR) is 81.7 cm³/mol. The summed E-state index contributed by atoms with van der Waals surface area (Å²) in [5, 5.41) is 3.61. The molecule has 1 rings (SSSR count). The summed E-state index contributed by atoms with van der Waals surface area (Å²) in [5.41, 5.74) is 0. The summed E-state index contributed by atoms with van der Waals surface area (Å²) in [6.07, 6.45) is 2.78. The first kappa shape index (κ1) is 16.0. The summed E-state index contributed by atoms with van der Waals surface area (Å²) in [5.74, 6) is 5.47. The maximum absolute atomic E-state index is 3.61. The predicted octanol–water partition coefficient (Wildman–Crippen LogP) is 4.57. The molecule has 0 heterocycles. The molecule has 6 atom stereocenters. The first-order valence-electron chi connectivity index (χ1n) is 8.17. The molecule has 0 bridgehead atoms. The highest BCUT2D eigenvalue weighted by molar-refractivity contribution is 5.00. The van der Waals surface area contributed by atoms with Crippen LogP contribution >= 0.6 is 0 Å². The van der Waals surface area contributed by atoms with Crippen LogP contribution in [-0.2, 0) is 0 Å². The second kappa shape index (κ2) is 6.93. The van der Waals surface area contributed by atoms with Crippen molar-refractivity contribution in [1.82, 2.24) is 5.32 Å². The van der Waals surface area contributed by atoms with Crippen LogP contribution < -0.4 is 5.32 Å². The van der Waals surface area contributed by atoms with Gasteiger partial charge in [0.05, 0.1) is 0 Å². The first-order chi connectivity index (χ1) is 8.43. The topological polar surface area (TPSA) is 12.0 Å². The summed E-state index contributed by atoms with van der Waals surface area (Å²) < 4.78 is 0. The van der Waals surface area contributed by atoms with Gasteiger partial charge in [-0.05, 0) is 55.4 Å². The molecule has 1 aliphatic rings. The van der Waals surface area contributed by atoms with Gasteiger partial charge in [0.1, 0.15) is 0 Å². The van der Waals surface area contributed by atoms with Crippen molar-refractivity contribution in [3.8, 4) is 0 Å². The smallest absolute Gasteiger partial charge is 0.00722 e. The molecule has 0 aromatic rings. The molecular weight excluding hydrogens is 218 g/mol. The van der Waals surface area contributed by atoms with Gasteiger partial charge in [-0.3, -0.25) is 0 Å². The average molecular weight is 253 g/mol. The van der Waals surface area contributed by atoms with Crippen LogP contribution in [0.25, 0.3) is 0 Å². The largest absolute Gasteiger partial charge is 0.314 e. The van der Waals surface area contributed by atoms with Gasteiger partial charge in [0.2, 0.25) is 0 Å². The molecule has 108 valence electrons. The van der Waals surface area contributed by atoms with Crippen molar-refractivity contribution >= 4 is 0 Å². The van der Waals surface area contributed by atoms with Crippen molar-refractivity contribution in [1.29, 1.82) is 0 Å². The van der Waals surface area contributed by atoms with E-state index in [-0.39, 0.29) is 0 Å². The summed E-state index contributed by atoms with van der Waals surface area (Å²) in [6, 6.07) is 0.708. The molecule has 0 aliphatic heterocycles. The lowest BCUT2D eigenvalue weighted by Crippen LogP contribution is -2.29. The lowest BCUT2D eigenvalue weighted by molar-refractivity contribution is 0.229. The molecule has 0 aromatic carbocycles. The van der Waals surface area contributed by atoms with E-state index < -0.39 is 0 Å². The van der Waals surface area contributed by atoms with Crippen molar-refractivity contribution in [3.63, 3.8) is 0 Å². The molecule has 0 saturated heterocycles. The molecular formula is C17H35N. The summed E-state index contributed by atoms with van der Waals surface area (Å²) >= 11 is 0. The third-order valence-corrected chi connectivity index (χ3v) is 5.51. The molecule has 0 radical (unpaired) electrons. The Hall–Kier alpha value is -0.0400. The Balaban J connectivity index is 2.51. The lowest BCUT2D eigenvalue weighted by Gasteiger charge is -2.27. The van der Waals surface area contributed by atoms with Crippen LogP contribution in [0.1, 0.15) is 61.3 Å². The molecule has 6 unspecified atom stereocenters. The molecule has 0 amide bonds. The van der Waals surface area contributed by atoms with E-state index in [2.05, 4.69) is 53.8 Å². The van der Waals surface area contributed by atoms with Gasteiger partial charge in [0.15, 0.2) is 0 Å². The Labute approximate surface area is 115 Å². The number of rotatable bonds is 8. The van der Waals surface area contributed by atoms with E-state index in [4.69, 9.17) is 0 Å². The number of nitrogens with one attached hydrogen (secondary N) is 1. The van der Waals surface area contributed by atoms with E-state index >= 15 is 0 Å². The van der Waals surface area contributed by atoms with Crippen molar-refractivity contribution in [3.05, 3.63) is 0 Å². The van der Waals surface area contributed by atoms with E-state index in [9.17, 15) is 0 Å². The fourth-order valence-electron chi connectivity index (χ4n) is 4.01. The quantitative estimate of drug-likeness (QED) is 0.668. The van der Waals surface area contributed by atoms with Crippen LogP contribution in [0.15, 0.2) is 0 Å². The average Bonchev–Trinajstić information content (AvgIpc) is 2.95. The summed E-state index contributed by atoms with van der Waals surface area (Å²) in [6.45, 7) is 17.8. The minimum Gasteiger partial charge on any atom is -0.314 e. The van der Waals surface area contributed by atoms with Crippen LogP contribution in [0.2, 0.25) is 0 Å². The van der Waals surface area contributed by atoms with E-state index in [0.29, 0.717) is 6.04 Å². The molecule has 0 aromatic heterocycles. The van der Waals surface area contributed by atoms with Gasteiger partial charge in [-0.25, -0.2) is 0 Å². The Morgan fingerprint density at radius 3 is 2.11 bits per heavy atom. The Morgan fingerprint density at radius 1 is 1.06 bits per heavy atom. The third kappa shape index (κ3) is 3.73. The standard InChI is InChI=1S/C17H35N/c1-8-12(5)15(11(3)4)10-16-13(6)17(16)14(7)18-9-2/h11-18H,8-10H2,1-7H3. The van der Waals surface area contributed by atoms with Crippen LogP contribution in [-0.4, -0.2) is 12.6 Å². The zero-order chi connectivity index (χ0) is 13.9. The highest BCUT2D eigenvalue weighted by Crippen LogP contribution is 2.53. The highest BCUT2D eigenvalue weighted by atomic mass is 14.9. The van der Waals surface area contributed by atoms with Gasteiger partial charge in [0.25, 0.3) is 0 Å². The van der Waals surface area contributed by atoms with Crippen LogP contribution in [0.3, 0.4) is 0 Å². The summed E-state index contributed by atoms with van der Waals surface area (Å²) in [4.78, 5) is 0. The van der Waals surface area contributed by atoms with Gasteiger partial charge in [-0.15, -0.1) is 0 Å². The molecule has 1 aliphatic carbocycles. The van der Waals surface area contributed by atoms with Gasteiger partial charge >= 0.3 is 0 Å². The van der Waals surface area contributed by atoms with Gasteiger partial charge in [-0.1, -0.05) is 48.0 Å². The highest BCUT2D eigenvalue weighted by Gasteiger charge is 2.50. The molecule has 1 fully saturated rings. The van der Waals surface area contributed by atoms with Crippen molar-refractivity contribution < 1.29 is 0 Å². The second-order valence-corrected chi connectivity index (χ2v) is 6.98. The Bertz CT molecular complexity index is 236. The zero-order valence-corrected chi connectivity index (χ0v) is 13.7. The maximum atomic E-state index is 3.61. The molecule has 0 spiro atoms. The second-order valence-electron chi connectivity index (χ2n) is 6.98. The molecule has 1 heteroatoms. The van der Waals surface area contributed by atoms with E-state index in [1.165, 1.54) is 12.8 Å². The van der Waals surface area contributed by atoms with Crippen LogP contribution in [0, 0.1) is 35.5 Å². The molecule has 1 saturated carbocycles. The van der Waals surface area contributed by atoms with E-state index in [1.807, 2.05) is 0 Å². The Kier molecular flexibility index (Phi) is 6.17. The fourth-order valence-corrected chi connectivity index (χ4v) is 4.01. The van der Waals surface area contributed by atoms with Crippen LogP contribution in [0.4, 0.5) is 0 Å². The zero-order valence-electron chi connectivity index (χ0n) is 13.7. The molecule has 18 heavy (non-hydrogen) atoms. The minimum absolute atomic E-state index is 0.708. The lowest BCUT2D eigenvalue weighted by atomic mass is 9.79. The van der Waals surface area contributed by atoms with Crippen molar-refractivity contribution in [2.24, 2.45) is 35.5 Å². The van der Waals surface area contributed by atoms with Crippen molar-refractivity contribution in [2.75, 3.05) is 6.54 Å². The van der Waals surface area contributed by atoms with E-state index in [1.54, 1.807) is 0 Å². The third-order valence-electron chi connectivity index (χ3n) is 5.51. The molecule has 1 N–H and O–H groups in total. The molecule has 1 nitrogen and oxygen atoms in total. The Morgan fingerprint density at radius 2 is 1.67 bits per heavy atom. The summed E-state index contributed by atoms with van der Waals surface area (Å²) in [7, 11) is 0. The van der Waals surface area contributed by atoms with Gasteiger partial charge in [0, 0.05) is 6.04 Å². The van der Waals surface area contributed by atoms with Gasteiger partial charge in [-0.2, -0.15) is 0 Å². The van der Waals surface area contributed by atoms with Crippen molar-refractivity contribution in [2.45, 2.75) is 67.3 Å².